The summed E-state index contributed by atoms with van der Waals surface area (Å²) in [6, 6.07) is 9.11. The lowest BCUT2D eigenvalue weighted by Gasteiger charge is -2.35. The number of methoxy groups -OCH3 is 2. The predicted octanol–water partition coefficient (Wildman–Crippen LogP) is 2.56. The fourth-order valence-electron chi connectivity index (χ4n) is 3.61. The van der Waals surface area contributed by atoms with Crippen LogP contribution in [0.3, 0.4) is 0 Å². The van der Waals surface area contributed by atoms with E-state index in [4.69, 9.17) is 23.7 Å². The lowest BCUT2D eigenvalue weighted by molar-refractivity contribution is 0.0235. The average Bonchev–Trinajstić information content (AvgIpc) is 3.16. The summed E-state index contributed by atoms with van der Waals surface area (Å²) in [5.74, 6) is 2.68. The number of phenolic OH excluding ortho intramolecular Hbond substituents is 1. The second-order valence-electron chi connectivity index (χ2n) is 6.43. The molecular formula is C20H23NO6. The first-order valence-electron chi connectivity index (χ1n) is 8.87. The Hall–Kier alpha value is -2.64. The highest BCUT2D eigenvalue weighted by Gasteiger charge is 2.30. The molecule has 0 aromatic heterocycles. The van der Waals surface area contributed by atoms with Crippen molar-refractivity contribution in [3.05, 3.63) is 41.5 Å². The number of aromatic hydroxyl groups is 1. The monoisotopic (exact) mass is 373 g/mol. The molecule has 2 heterocycles. The van der Waals surface area contributed by atoms with E-state index in [1.165, 1.54) is 0 Å². The maximum absolute atomic E-state index is 10.7. The smallest absolute Gasteiger partial charge is 0.231 e. The molecule has 0 spiro atoms. The van der Waals surface area contributed by atoms with Gasteiger partial charge in [0.05, 0.1) is 33.5 Å². The first-order chi connectivity index (χ1) is 13.2. The molecule has 1 saturated heterocycles. The third-order valence-electron chi connectivity index (χ3n) is 4.95. The molecule has 7 heteroatoms. The maximum atomic E-state index is 10.7. The van der Waals surface area contributed by atoms with Crippen LogP contribution in [-0.4, -0.2) is 57.3 Å². The fourth-order valence-corrected chi connectivity index (χ4v) is 3.61. The first-order valence-corrected chi connectivity index (χ1v) is 8.87. The van der Waals surface area contributed by atoms with Crippen LogP contribution in [0.2, 0.25) is 0 Å². The number of phenols is 1. The molecule has 7 nitrogen and oxygen atoms in total. The number of nitrogens with zero attached hydrogens (tertiary/aromatic N) is 1. The summed E-state index contributed by atoms with van der Waals surface area (Å²) in [7, 11) is 3.23. The van der Waals surface area contributed by atoms with E-state index in [0.717, 1.165) is 24.2 Å². The normalized spacial score (nSPS) is 17.6. The van der Waals surface area contributed by atoms with Crippen LogP contribution in [0.15, 0.2) is 30.3 Å². The van der Waals surface area contributed by atoms with E-state index in [1.54, 1.807) is 20.3 Å². The Bertz CT molecular complexity index is 818. The fraction of sp³-hybridized carbons (Fsp3) is 0.400. The Kier molecular flexibility index (Phi) is 4.96. The SMILES string of the molecule is COc1ccc([C@@H](c2cc3c(cc2O)OCO3)N2CCOCC2)cc1OC. The number of benzene rings is 2. The molecule has 1 atom stereocenters. The van der Waals surface area contributed by atoms with Gasteiger partial charge in [0.2, 0.25) is 6.79 Å². The summed E-state index contributed by atoms with van der Waals surface area (Å²) in [5, 5.41) is 10.7. The molecule has 2 aromatic rings. The summed E-state index contributed by atoms with van der Waals surface area (Å²) in [6.45, 7) is 2.97. The van der Waals surface area contributed by atoms with Crippen molar-refractivity contribution >= 4 is 0 Å². The van der Waals surface area contributed by atoms with Crippen LogP contribution in [0.25, 0.3) is 0 Å². The average molecular weight is 373 g/mol. The number of fused-ring (bicyclic) bond motifs is 1. The molecule has 1 fully saturated rings. The molecule has 1 N–H and O–H groups in total. The molecule has 144 valence electrons. The Morgan fingerprint density at radius 2 is 1.67 bits per heavy atom. The minimum atomic E-state index is -0.178. The van der Waals surface area contributed by atoms with Gasteiger partial charge in [-0.05, 0) is 23.8 Å². The minimum absolute atomic E-state index is 0.163. The summed E-state index contributed by atoms with van der Waals surface area (Å²) >= 11 is 0. The van der Waals surface area contributed by atoms with Crippen LogP contribution in [0.5, 0.6) is 28.7 Å². The number of rotatable bonds is 5. The third-order valence-corrected chi connectivity index (χ3v) is 4.95. The molecule has 2 aliphatic rings. The zero-order valence-corrected chi connectivity index (χ0v) is 15.4. The molecule has 0 amide bonds. The van der Waals surface area contributed by atoms with Gasteiger partial charge in [0.15, 0.2) is 23.0 Å². The molecular weight excluding hydrogens is 350 g/mol. The number of morpholine rings is 1. The van der Waals surface area contributed by atoms with Gasteiger partial charge >= 0.3 is 0 Å². The molecule has 2 aliphatic heterocycles. The van der Waals surface area contributed by atoms with Gasteiger partial charge in [-0.1, -0.05) is 6.07 Å². The second-order valence-corrected chi connectivity index (χ2v) is 6.43. The van der Waals surface area contributed by atoms with Crippen LogP contribution >= 0.6 is 0 Å². The Morgan fingerprint density at radius 3 is 2.37 bits per heavy atom. The van der Waals surface area contributed by atoms with Crippen molar-refractivity contribution in [3.8, 4) is 28.7 Å². The molecule has 0 bridgehead atoms. The van der Waals surface area contributed by atoms with Crippen molar-refractivity contribution in [2.75, 3.05) is 47.3 Å². The van der Waals surface area contributed by atoms with Crippen molar-refractivity contribution < 1.29 is 28.8 Å². The van der Waals surface area contributed by atoms with Crippen molar-refractivity contribution in [1.82, 2.24) is 4.90 Å². The molecule has 2 aromatic carbocycles. The zero-order valence-electron chi connectivity index (χ0n) is 15.4. The van der Waals surface area contributed by atoms with Crippen LogP contribution in [0, 0.1) is 0 Å². The molecule has 0 radical (unpaired) electrons. The minimum Gasteiger partial charge on any atom is -0.507 e. The standard InChI is InChI=1S/C20H23NO6/c1-23-16-4-3-13(9-17(16)24-2)20(21-5-7-25-8-6-21)14-10-18-19(11-15(14)22)27-12-26-18/h3-4,9-11,20,22H,5-8,12H2,1-2H3/t20-/m0/s1. The first kappa shape index (κ1) is 17.8. The van der Waals surface area contributed by atoms with Gasteiger partial charge in [-0.2, -0.15) is 0 Å². The zero-order chi connectivity index (χ0) is 18.8. The van der Waals surface area contributed by atoms with Crippen molar-refractivity contribution in [1.29, 1.82) is 0 Å². The Labute approximate surface area is 158 Å². The Morgan fingerprint density at radius 1 is 0.963 bits per heavy atom. The highest BCUT2D eigenvalue weighted by atomic mass is 16.7. The van der Waals surface area contributed by atoms with Gasteiger partial charge in [-0.15, -0.1) is 0 Å². The number of ether oxygens (including phenoxy) is 5. The molecule has 0 saturated carbocycles. The van der Waals surface area contributed by atoms with Crippen molar-refractivity contribution in [2.24, 2.45) is 0 Å². The van der Waals surface area contributed by atoms with E-state index >= 15 is 0 Å². The van der Waals surface area contributed by atoms with Gasteiger partial charge in [0.1, 0.15) is 5.75 Å². The predicted molar refractivity (Wildman–Crippen MR) is 98.0 cm³/mol. The van der Waals surface area contributed by atoms with Gasteiger partial charge in [-0.25, -0.2) is 0 Å². The van der Waals surface area contributed by atoms with Crippen molar-refractivity contribution in [3.63, 3.8) is 0 Å². The van der Waals surface area contributed by atoms with E-state index in [2.05, 4.69) is 4.90 Å². The lowest BCUT2D eigenvalue weighted by atomic mass is 9.95. The van der Waals surface area contributed by atoms with Crippen molar-refractivity contribution in [2.45, 2.75) is 6.04 Å². The van der Waals surface area contributed by atoms with Gasteiger partial charge < -0.3 is 28.8 Å². The van der Waals surface area contributed by atoms with Gasteiger partial charge in [-0.3, -0.25) is 4.90 Å². The second kappa shape index (κ2) is 7.54. The van der Waals surface area contributed by atoms with Gasteiger partial charge in [0, 0.05) is 24.7 Å². The van der Waals surface area contributed by atoms with Crippen LogP contribution in [0.1, 0.15) is 17.2 Å². The quantitative estimate of drug-likeness (QED) is 0.864. The topological polar surface area (TPSA) is 69.6 Å². The van der Waals surface area contributed by atoms with Gasteiger partial charge in [0.25, 0.3) is 0 Å². The maximum Gasteiger partial charge on any atom is 0.231 e. The number of hydrogen-bond acceptors (Lipinski definition) is 7. The molecule has 0 unspecified atom stereocenters. The largest absolute Gasteiger partial charge is 0.507 e. The van der Waals surface area contributed by atoms with Crippen LogP contribution < -0.4 is 18.9 Å². The molecule has 0 aliphatic carbocycles. The van der Waals surface area contributed by atoms with Crippen LogP contribution in [-0.2, 0) is 4.74 Å². The number of hydrogen-bond donors (Lipinski definition) is 1. The summed E-state index contributed by atoms with van der Waals surface area (Å²) < 4.78 is 27.3. The molecule has 27 heavy (non-hydrogen) atoms. The summed E-state index contributed by atoms with van der Waals surface area (Å²) in [4.78, 5) is 2.28. The summed E-state index contributed by atoms with van der Waals surface area (Å²) in [5.41, 5.74) is 1.75. The highest BCUT2D eigenvalue weighted by Crippen LogP contribution is 2.44. The lowest BCUT2D eigenvalue weighted by Crippen LogP contribution is -2.39. The molecule has 4 rings (SSSR count). The third kappa shape index (κ3) is 3.36. The van der Waals surface area contributed by atoms with E-state index < -0.39 is 0 Å². The van der Waals surface area contributed by atoms with E-state index in [-0.39, 0.29) is 18.6 Å². The van der Waals surface area contributed by atoms with Crippen LogP contribution in [0.4, 0.5) is 0 Å². The van der Waals surface area contributed by atoms with E-state index in [9.17, 15) is 5.11 Å². The Balaban J connectivity index is 1.81. The van der Waals surface area contributed by atoms with E-state index in [1.807, 2.05) is 24.3 Å². The van der Waals surface area contributed by atoms with E-state index in [0.29, 0.717) is 36.2 Å². The highest BCUT2D eigenvalue weighted by molar-refractivity contribution is 5.55. The summed E-state index contributed by atoms with van der Waals surface area (Å²) in [6.07, 6.45) is 0.